The van der Waals surface area contributed by atoms with E-state index in [4.69, 9.17) is 4.74 Å². The summed E-state index contributed by atoms with van der Waals surface area (Å²) in [6.07, 6.45) is -5.53. The fourth-order valence-corrected chi connectivity index (χ4v) is 3.32. The summed E-state index contributed by atoms with van der Waals surface area (Å²) >= 11 is 3.18. The van der Waals surface area contributed by atoms with E-state index in [0.29, 0.717) is 18.6 Å². The Kier molecular flexibility index (Phi) is 9.17. The number of unbranched alkanes of at least 4 members (excludes halogenated alkanes) is 3. The van der Waals surface area contributed by atoms with Gasteiger partial charge >= 0.3 is 18.3 Å². The minimum absolute atomic E-state index is 0.0143. The van der Waals surface area contributed by atoms with Crippen LogP contribution >= 0.6 is 15.9 Å². The number of halogens is 7. The second-order valence-electron chi connectivity index (χ2n) is 6.56. The molecule has 3 nitrogen and oxygen atoms in total. The molecular weight excluding hydrogens is 468 g/mol. The molecule has 0 N–H and O–H groups in total. The maximum absolute atomic E-state index is 13.0. The molecule has 1 aromatic carbocycles. The summed E-state index contributed by atoms with van der Waals surface area (Å²) in [5.41, 5.74) is -4.73. The molecule has 0 aromatic heterocycles. The molecule has 10 heteroatoms. The van der Waals surface area contributed by atoms with Gasteiger partial charge in [0.2, 0.25) is 0 Å². The Balaban J connectivity index is 3.34. The standard InChI is InChI=1S/C19H22BrF6NO2/c1-3-4-5-6-7-17(12-20,16(28)29-2)27-11-13-8-14(18(21,22)23)10-15(9-13)19(24,25)26/h8-11H,3-7,12H2,1-2H3. The van der Waals surface area contributed by atoms with Crippen molar-refractivity contribution in [2.24, 2.45) is 4.99 Å². The number of hydrogen-bond acceptors (Lipinski definition) is 3. The maximum atomic E-state index is 13.0. The predicted molar refractivity (Wildman–Crippen MR) is 101 cm³/mol. The van der Waals surface area contributed by atoms with Crippen molar-refractivity contribution < 1.29 is 35.9 Å². The topological polar surface area (TPSA) is 38.7 Å². The van der Waals surface area contributed by atoms with Crippen molar-refractivity contribution in [3.8, 4) is 0 Å². The second kappa shape index (κ2) is 10.4. The van der Waals surface area contributed by atoms with Gasteiger partial charge in [0.25, 0.3) is 0 Å². The van der Waals surface area contributed by atoms with Gasteiger partial charge in [-0.05, 0) is 30.2 Å². The monoisotopic (exact) mass is 489 g/mol. The summed E-state index contributed by atoms with van der Waals surface area (Å²) < 4.78 is 82.8. The summed E-state index contributed by atoms with van der Waals surface area (Å²) in [6, 6.07) is 1.17. The normalized spacial score (nSPS) is 14.8. The summed E-state index contributed by atoms with van der Waals surface area (Å²) in [5.74, 6) is -0.717. The Bertz CT molecular complexity index is 685. The minimum atomic E-state index is -4.96. The second-order valence-corrected chi connectivity index (χ2v) is 7.13. The van der Waals surface area contributed by atoms with Gasteiger partial charge in [-0.15, -0.1) is 0 Å². The smallest absolute Gasteiger partial charge is 0.416 e. The average molecular weight is 490 g/mol. The zero-order valence-electron chi connectivity index (χ0n) is 16.0. The highest BCUT2D eigenvalue weighted by atomic mass is 79.9. The van der Waals surface area contributed by atoms with Crippen molar-refractivity contribution in [2.75, 3.05) is 12.4 Å². The average Bonchev–Trinajstić information content (AvgIpc) is 2.65. The van der Waals surface area contributed by atoms with E-state index >= 15 is 0 Å². The molecule has 1 atom stereocenters. The molecule has 0 saturated carbocycles. The number of alkyl halides is 7. The Morgan fingerprint density at radius 3 is 2.00 bits per heavy atom. The SMILES string of the molecule is CCCCCCC(CBr)(N=Cc1cc(C(F)(F)F)cc(C(F)(F)F)c1)C(=O)OC. The molecule has 0 heterocycles. The van der Waals surface area contributed by atoms with Crippen LogP contribution in [0.4, 0.5) is 26.3 Å². The number of methoxy groups -OCH3 is 1. The van der Waals surface area contributed by atoms with Gasteiger partial charge in [-0.25, -0.2) is 4.79 Å². The number of hydrogen-bond donors (Lipinski definition) is 0. The number of benzene rings is 1. The lowest BCUT2D eigenvalue weighted by Gasteiger charge is -2.25. The van der Waals surface area contributed by atoms with Crippen LogP contribution in [0.15, 0.2) is 23.2 Å². The van der Waals surface area contributed by atoms with Gasteiger partial charge in [0.15, 0.2) is 5.54 Å². The number of rotatable bonds is 9. The molecule has 0 aliphatic carbocycles. The van der Waals surface area contributed by atoms with Crippen molar-refractivity contribution in [3.63, 3.8) is 0 Å². The third kappa shape index (κ3) is 7.31. The first kappa shape index (κ1) is 25.5. The van der Waals surface area contributed by atoms with E-state index in [9.17, 15) is 31.1 Å². The van der Waals surface area contributed by atoms with Crippen LogP contribution in [0.3, 0.4) is 0 Å². The lowest BCUT2D eigenvalue weighted by Crippen LogP contribution is -2.40. The van der Waals surface area contributed by atoms with Crippen molar-refractivity contribution in [3.05, 3.63) is 34.9 Å². The third-order valence-electron chi connectivity index (χ3n) is 4.30. The van der Waals surface area contributed by atoms with E-state index in [1.165, 1.54) is 0 Å². The number of aliphatic imine (C=N–C) groups is 1. The molecule has 1 aromatic rings. The van der Waals surface area contributed by atoms with Gasteiger partial charge < -0.3 is 4.74 Å². The molecule has 0 amide bonds. The van der Waals surface area contributed by atoms with Gasteiger partial charge in [0, 0.05) is 11.5 Å². The van der Waals surface area contributed by atoms with Crippen molar-refractivity contribution >= 4 is 28.1 Å². The Morgan fingerprint density at radius 1 is 1.03 bits per heavy atom. The van der Waals surface area contributed by atoms with Crippen LogP contribution in [-0.4, -0.2) is 30.2 Å². The van der Waals surface area contributed by atoms with Crippen molar-refractivity contribution in [1.29, 1.82) is 0 Å². The van der Waals surface area contributed by atoms with Gasteiger partial charge in [-0.1, -0.05) is 48.5 Å². The first-order valence-corrected chi connectivity index (χ1v) is 10.0. The number of esters is 1. The predicted octanol–water partition coefficient (Wildman–Crippen LogP) is 6.42. The van der Waals surface area contributed by atoms with Gasteiger partial charge in [0.05, 0.1) is 18.2 Å². The molecule has 0 bridgehead atoms. The highest BCUT2D eigenvalue weighted by Crippen LogP contribution is 2.36. The zero-order valence-corrected chi connectivity index (χ0v) is 17.5. The molecule has 0 aliphatic heterocycles. The van der Waals surface area contributed by atoms with E-state index in [1.807, 2.05) is 6.92 Å². The Morgan fingerprint density at radius 2 is 1.59 bits per heavy atom. The van der Waals surface area contributed by atoms with Crippen LogP contribution in [0.2, 0.25) is 0 Å². The number of carbonyl (C=O) groups is 1. The van der Waals surface area contributed by atoms with E-state index in [1.54, 1.807) is 0 Å². The highest BCUT2D eigenvalue weighted by molar-refractivity contribution is 9.09. The van der Waals surface area contributed by atoms with Gasteiger partial charge in [-0.3, -0.25) is 4.99 Å². The molecule has 1 unspecified atom stereocenters. The first-order chi connectivity index (χ1) is 13.4. The lowest BCUT2D eigenvalue weighted by atomic mass is 9.94. The van der Waals surface area contributed by atoms with Gasteiger partial charge in [-0.2, -0.15) is 26.3 Å². The molecule has 0 fully saturated rings. The van der Waals surface area contributed by atoms with Gasteiger partial charge in [0.1, 0.15) is 0 Å². The molecule has 164 valence electrons. The maximum Gasteiger partial charge on any atom is 0.416 e. The largest absolute Gasteiger partial charge is 0.467 e. The lowest BCUT2D eigenvalue weighted by molar-refractivity contribution is -0.146. The van der Waals surface area contributed by atoms with E-state index in [-0.39, 0.29) is 17.8 Å². The van der Waals surface area contributed by atoms with E-state index < -0.39 is 40.6 Å². The third-order valence-corrected chi connectivity index (χ3v) is 5.23. The van der Waals surface area contributed by atoms with Crippen LogP contribution in [-0.2, 0) is 21.9 Å². The summed E-state index contributed by atoms with van der Waals surface area (Å²) in [5, 5.41) is 0.0143. The fourth-order valence-electron chi connectivity index (χ4n) is 2.66. The summed E-state index contributed by atoms with van der Waals surface area (Å²) in [6.45, 7) is 2.00. The van der Waals surface area contributed by atoms with E-state index in [0.717, 1.165) is 32.6 Å². The van der Waals surface area contributed by atoms with Crippen molar-refractivity contribution in [2.45, 2.75) is 56.9 Å². The zero-order chi connectivity index (χ0) is 22.3. The molecule has 0 saturated heterocycles. The minimum Gasteiger partial charge on any atom is -0.467 e. The molecule has 0 radical (unpaired) electrons. The Hall–Kier alpha value is -1.58. The molecular formula is C19H22BrF6NO2. The van der Waals surface area contributed by atoms with Crippen LogP contribution < -0.4 is 0 Å². The van der Waals surface area contributed by atoms with Crippen LogP contribution in [0, 0.1) is 0 Å². The Labute approximate surface area is 173 Å². The highest BCUT2D eigenvalue weighted by Gasteiger charge is 2.39. The fraction of sp³-hybridized carbons (Fsp3) is 0.579. The first-order valence-electron chi connectivity index (χ1n) is 8.88. The molecule has 0 aliphatic rings. The quantitative estimate of drug-likeness (QED) is 0.132. The molecule has 0 spiro atoms. The number of nitrogens with zero attached hydrogens (tertiary/aromatic N) is 1. The number of ether oxygens (including phenoxy) is 1. The molecule has 1 rings (SSSR count). The van der Waals surface area contributed by atoms with Crippen LogP contribution in [0.1, 0.15) is 55.7 Å². The van der Waals surface area contributed by atoms with E-state index in [2.05, 4.69) is 20.9 Å². The van der Waals surface area contributed by atoms with Crippen LogP contribution in [0.25, 0.3) is 0 Å². The number of carbonyl (C=O) groups excluding carboxylic acids is 1. The molecule has 29 heavy (non-hydrogen) atoms. The van der Waals surface area contributed by atoms with Crippen molar-refractivity contribution in [1.82, 2.24) is 0 Å². The van der Waals surface area contributed by atoms with Crippen LogP contribution in [0.5, 0.6) is 0 Å². The summed E-state index contributed by atoms with van der Waals surface area (Å²) in [7, 11) is 1.15. The summed E-state index contributed by atoms with van der Waals surface area (Å²) in [4.78, 5) is 16.4.